The number of hydrogen-bond donors (Lipinski definition) is 1. The first-order valence-electron chi connectivity index (χ1n) is 8.61. The smallest absolute Gasteiger partial charge is 0.338 e. The summed E-state index contributed by atoms with van der Waals surface area (Å²) in [6.45, 7) is 5.08. The molecule has 6 heteroatoms. The Morgan fingerprint density at radius 3 is 2.58 bits per heavy atom. The molecule has 0 spiro atoms. The number of halogens is 1. The standard InChI is InChI=1S/C20H24N2O3.BrH/c1-3-4-14-25-20(24)17-6-5-7-18(15-17)21-19(23)10-13-22-11-8-16(2)9-12-22;/h5-9,11-12,15H,3-4,10,13-14H2,1-2H3;1H. The summed E-state index contributed by atoms with van der Waals surface area (Å²) in [7, 11) is 0. The van der Waals surface area contributed by atoms with Crippen LogP contribution >= 0.6 is 0 Å². The fourth-order valence-corrected chi connectivity index (χ4v) is 2.25. The van der Waals surface area contributed by atoms with Crippen LogP contribution in [0, 0.1) is 6.92 Å². The molecule has 0 fully saturated rings. The van der Waals surface area contributed by atoms with Crippen molar-refractivity contribution in [2.45, 2.75) is 39.7 Å². The Balaban J connectivity index is 0.00000338. The largest absolute Gasteiger partial charge is 1.00 e. The molecule has 26 heavy (non-hydrogen) atoms. The molecular weight excluding hydrogens is 396 g/mol. The monoisotopic (exact) mass is 420 g/mol. The fourth-order valence-electron chi connectivity index (χ4n) is 2.25. The lowest BCUT2D eigenvalue weighted by Crippen LogP contribution is -3.00. The van der Waals surface area contributed by atoms with Gasteiger partial charge in [-0.05, 0) is 37.1 Å². The Morgan fingerprint density at radius 2 is 1.88 bits per heavy atom. The molecule has 0 saturated heterocycles. The number of pyridine rings is 1. The van der Waals surface area contributed by atoms with Crippen molar-refractivity contribution in [3.8, 4) is 0 Å². The van der Waals surface area contributed by atoms with Gasteiger partial charge in [-0.2, -0.15) is 0 Å². The van der Waals surface area contributed by atoms with Crippen LogP contribution in [-0.2, 0) is 16.1 Å². The van der Waals surface area contributed by atoms with Gasteiger partial charge in [0.1, 0.15) is 0 Å². The molecule has 2 aromatic rings. The minimum atomic E-state index is -0.361. The Hall–Kier alpha value is -2.21. The molecule has 0 unspecified atom stereocenters. The van der Waals surface area contributed by atoms with Crippen molar-refractivity contribution in [3.05, 3.63) is 59.9 Å². The van der Waals surface area contributed by atoms with E-state index in [9.17, 15) is 9.59 Å². The van der Waals surface area contributed by atoms with Gasteiger partial charge in [0.25, 0.3) is 0 Å². The highest BCUT2D eigenvalue weighted by atomic mass is 79.9. The maximum absolute atomic E-state index is 12.1. The van der Waals surface area contributed by atoms with Crippen LogP contribution in [0.15, 0.2) is 48.8 Å². The third kappa shape index (κ3) is 7.35. The van der Waals surface area contributed by atoms with E-state index >= 15 is 0 Å². The number of amides is 1. The minimum Gasteiger partial charge on any atom is -1.00 e. The van der Waals surface area contributed by atoms with Crippen molar-refractivity contribution in [1.82, 2.24) is 0 Å². The quantitative estimate of drug-likeness (QED) is 0.378. The first-order chi connectivity index (χ1) is 12.1. The van der Waals surface area contributed by atoms with E-state index in [1.54, 1.807) is 24.3 Å². The maximum atomic E-state index is 12.1. The molecule has 1 heterocycles. The molecule has 1 amide bonds. The molecule has 0 aliphatic heterocycles. The summed E-state index contributed by atoms with van der Waals surface area (Å²) in [6, 6.07) is 10.8. The number of carbonyl (C=O) groups is 2. The summed E-state index contributed by atoms with van der Waals surface area (Å²) < 4.78 is 7.15. The second kappa shape index (κ2) is 11.4. The Kier molecular flexibility index (Phi) is 9.58. The molecule has 0 radical (unpaired) electrons. The molecule has 1 aromatic heterocycles. The summed E-state index contributed by atoms with van der Waals surface area (Å²) in [5.41, 5.74) is 2.23. The SMILES string of the molecule is CCCCOC(=O)c1cccc(NC(=O)CC[n+]2ccc(C)cc2)c1.[Br-]. The van der Waals surface area contributed by atoms with Crippen molar-refractivity contribution in [2.24, 2.45) is 0 Å². The van der Waals surface area contributed by atoms with Crippen LogP contribution in [0.1, 0.15) is 42.1 Å². The highest BCUT2D eigenvalue weighted by Gasteiger charge is 2.10. The third-order valence-corrected chi connectivity index (χ3v) is 3.77. The highest BCUT2D eigenvalue weighted by Crippen LogP contribution is 2.12. The van der Waals surface area contributed by atoms with Gasteiger partial charge in [0, 0.05) is 17.8 Å². The van der Waals surface area contributed by atoms with Crippen molar-refractivity contribution in [1.29, 1.82) is 0 Å². The third-order valence-electron chi connectivity index (χ3n) is 3.77. The number of nitrogens with zero attached hydrogens (tertiary/aromatic N) is 1. The summed E-state index contributed by atoms with van der Waals surface area (Å²) in [5, 5.41) is 2.83. The van der Waals surface area contributed by atoms with Gasteiger partial charge < -0.3 is 27.0 Å². The minimum absolute atomic E-state index is 0. The number of anilines is 1. The number of benzene rings is 1. The second-order valence-electron chi connectivity index (χ2n) is 5.98. The summed E-state index contributed by atoms with van der Waals surface area (Å²) >= 11 is 0. The van der Waals surface area contributed by atoms with E-state index in [4.69, 9.17) is 4.74 Å². The fraction of sp³-hybridized carbons (Fsp3) is 0.350. The molecule has 140 valence electrons. The van der Waals surface area contributed by atoms with Crippen LogP contribution in [-0.4, -0.2) is 18.5 Å². The number of hydrogen-bond acceptors (Lipinski definition) is 3. The number of esters is 1. The van der Waals surface area contributed by atoms with Gasteiger partial charge in [-0.25, -0.2) is 9.36 Å². The summed E-state index contributed by atoms with van der Waals surface area (Å²) in [6.07, 6.45) is 6.09. The predicted octanol–water partition coefficient (Wildman–Crippen LogP) is 0.272. The first-order valence-corrected chi connectivity index (χ1v) is 8.61. The van der Waals surface area contributed by atoms with Crippen LogP contribution < -0.4 is 26.9 Å². The Labute approximate surface area is 165 Å². The van der Waals surface area contributed by atoms with E-state index in [0.29, 0.717) is 30.8 Å². The van der Waals surface area contributed by atoms with Crippen LogP contribution in [0.2, 0.25) is 0 Å². The molecular formula is C20H25BrN2O3. The van der Waals surface area contributed by atoms with Crippen LogP contribution in [0.4, 0.5) is 5.69 Å². The molecule has 1 aromatic carbocycles. The first kappa shape index (κ1) is 21.8. The number of rotatable bonds is 8. The lowest BCUT2D eigenvalue weighted by atomic mass is 10.2. The van der Waals surface area contributed by atoms with E-state index < -0.39 is 0 Å². The lowest BCUT2D eigenvalue weighted by molar-refractivity contribution is -0.695. The van der Waals surface area contributed by atoms with Gasteiger partial charge in [-0.1, -0.05) is 19.4 Å². The number of nitrogens with one attached hydrogen (secondary N) is 1. The van der Waals surface area contributed by atoms with E-state index in [-0.39, 0.29) is 28.9 Å². The van der Waals surface area contributed by atoms with Gasteiger partial charge in [-0.15, -0.1) is 0 Å². The second-order valence-corrected chi connectivity index (χ2v) is 5.98. The van der Waals surface area contributed by atoms with Gasteiger partial charge >= 0.3 is 5.97 Å². The Bertz CT molecular complexity index is 717. The average molecular weight is 421 g/mol. The van der Waals surface area contributed by atoms with Crippen molar-refractivity contribution in [3.63, 3.8) is 0 Å². The number of carbonyl (C=O) groups excluding carboxylic acids is 2. The summed E-state index contributed by atoms with van der Waals surface area (Å²) in [5.74, 6) is -0.454. The maximum Gasteiger partial charge on any atom is 0.338 e. The molecule has 2 rings (SSSR count). The van der Waals surface area contributed by atoms with Gasteiger partial charge in [-0.3, -0.25) is 4.79 Å². The number of unbranched alkanes of at least 4 members (excludes halogenated alkanes) is 1. The zero-order valence-corrected chi connectivity index (χ0v) is 16.8. The van der Waals surface area contributed by atoms with E-state index in [2.05, 4.69) is 5.32 Å². The van der Waals surface area contributed by atoms with Crippen molar-refractivity contribution >= 4 is 17.6 Å². The number of aromatic nitrogens is 1. The Morgan fingerprint density at radius 1 is 1.15 bits per heavy atom. The topological polar surface area (TPSA) is 59.3 Å². The molecule has 0 aliphatic carbocycles. The normalized spacial score (nSPS) is 9.92. The molecule has 0 atom stereocenters. The van der Waals surface area contributed by atoms with E-state index in [1.165, 1.54) is 5.56 Å². The van der Waals surface area contributed by atoms with Gasteiger partial charge in [0.2, 0.25) is 5.91 Å². The summed E-state index contributed by atoms with van der Waals surface area (Å²) in [4.78, 5) is 24.1. The molecule has 1 N–H and O–H groups in total. The van der Waals surface area contributed by atoms with E-state index in [1.807, 2.05) is 42.9 Å². The van der Waals surface area contributed by atoms with E-state index in [0.717, 1.165) is 12.8 Å². The van der Waals surface area contributed by atoms with Gasteiger partial charge in [0.05, 0.1) is 18.6 Å². The average Bonchev–Trinajstić information content (AvgIpc) is 2.61. The zero-order chi connectivity index (χ0) is 18.1. The molecule has 0 bridgehead atoms. The molecule has 5 nitrogen and oxygen atoms in total. The zero-order valence-electron chi connectivity index (χ0n) is 15.2. The molecule has 0 saturated carbocycles. The van der Waals surface area contributed by atoms with Crippen LogP contribution in [0.3, 0.4) is 0 Å². The van der Waals surface area contributed by atoms with Crippen LogP contribution in [0.25, 0.3) is 0 Å². The number of aryl methyl sites for hydroxylation is 2. The van der Waals surface area contributed by atoms with Gasteiger partial charge in [0.15, 0.2) is 18.9 Å². The predicted molar refractivity (Wildman–Crippen MR) is 96.3 cm³/mol. The molecule has 0 aliphatic rings. The highest BCUT2D eigenvalue weighted by molar-refractivity contribution is 5.94. The van der Waals surface area contributed by atoms with Crippen LogP contribution in [0.5, 0.6) is 0 Å². The van der Waals surface area contributed by atoms with Crippen molar-refractivity contribution in [2.75, 3.05) is 11.9 Å². The number of ether oxygens (including phenoxy) is 1. The lowest BCUT2D eigenvalue weighted by Gasteiger charge is -2.07. The van der Waals surface area contributed by atoms with Crippen molar-refractivity contribution < 1.29 is 35.9 Å².